The highest BCUT2D eigenvalue weighted by Crippen LogP contribution is 2.13. The Morgan fingerprint density at radius 1 is 1.04 bits per heavy atom. The number of ether oxygens (including phenoxy) is 1. The maximum absolute atomic E-state index is 11.8. The molecule has 26 heavy (non-hydrogen) atoms. The Bertz CT molecular complexity index is 787. The van der Waals surface area contributed by atoms with Crippen LogP contribution in [0.1, 0.15) is 22.3 Å². The molecule has 0 spiro atoms. The van der Waals surface area contributed by atoms with E-state index in [-0.39, 0.29) is 25.1 Å². The van der Waals surface area contributed by atoms with Gasteiger partial charge in [0.25, 0.3) is 0 Å². The van der Waals surface area contributed by atoms with E-state index in [2.05, 4.69) is 10.6 Å². The summed E-state index contributed by atoms with van der Waals surface area (Å²) in [4.78, 5) is 34.4. The van der Waals surface area contributed by atoms with Crippen LogP contribution in [0.3, 0.4) is 0 Å². The van der Waals surface area contributed by atoms with Crippen LogP contribution in [0.15, 0.2) is 48.5 Å². The number of aromatic carboxylic acids is 1. The van der Waals surface area contributed by atoms with E-state index in [1.165, 1.54) is 12.1 Å². The number of carbonyl (C=O) groups is 3. The number of hydrogen-bond donors (Lipinski definition) is 3. The molecule has 0 aliphatic rings. The fourth-order valence-corrected chi connectivity index (χ4v) is 2.13. The molecule has 0 saturated carbocycles. The average Bonchev–Trinajstić information content (AvgIpc) is 2.61. The van der Waals surface area contributed by atoms with Crippen LogP contribution in [0.5, 0.6) is 5.75 Å². The molecular formula is C19H20N2O5. The van der Waals surface area contributed by atoms with Crippen molar-refractivity contribution in [2.75, 3.05) is 18.5 Å². The maximum Gasteiger partial charge on any atom is 0.335 e. The van der Waals surface area contributed by atoms with Crippen molar-refractivity contribution in [3.8, 4) is 5.75 Å². The first kappa shape index (κ1) is 19.0. The Morgan fingerprint density at radius 2 is 1.77 bits per heavy atom. The lowest BCUT2D eigenvalue weighted by molar-refractivity contribution is -0.126. The molecule has 0 radical (unpaired) electrons. The summed E-state index contributed by atoms with van der Waals surface area (Å²) >= 11 is 0. The number of carbonyl (C=O) groups excluding carboxylic acids is 2. The van der Waals surface area contributed by atoms with Crippen LogP contribution in [0.2, 0.25) is 0 Å². The highest BCUT2D eigenvalue weighted by atomic mass is 16.5. The Morgan fingerprint density at radius 3 is 2.46 bits per heavy atom. The minimum Gasteiger partial charge on any atom is -0.492 e. The summed E-state index contributed by atoms with van der Waals surface area (Å²) in [5.74, 6) is -1.46. The number of benzene rings is 2. The van der Waals surface area contributed by atoms with Crippen molar-refractivity contribution in [2.45, 2.75) is 13.3 Å². The van der Waals surface area contributed by atoms with E-state index >= 15 is 0 Å². The molecule has 136 valence electrons. The third kappa shape index (κ3) is 6.27. The molecule has 2 rings (SSSR count). The molecule has 0 aliphatic heterocycles. The van der Waals surface area contributed by atoms with E-state index in [1.54, 1.807) is 24.3 Å². The molecule has 0 unspecified atom stereocenters. The summed E-state index contributed by atoms with van der Waals surface area (Å²) in [5, 5.41) is 14.1. The van der Waals surface area contributed by atoms with Crippen LogP contribution in [0.4, 0.5) is 5.69 Å². The van der Waals surface area contributed by atoms with Crippen LogP contribution >= 0.6 is 0 Å². The SMILES string of the molecule is Cc1ccc(NC(=O)CC(=O)NCCOc2cccc(C(=O)O)c2)cc1. The van der Waals surface area contributed by atoms with Crippen LogP contribution in [0.25, 0.3) is 0 Å². The van der Waals surface area contributed by atoms with Gasteiger partial charge in [-0.25, -0.2) is 4.79 Å². The third-order valence-electron chi connectivity index (χ3n) is 3.43. The number of anilines is 1. The Labute approximate surface area is 151 Å². The van der Waals surface area contributed by atoms with Gasteiger partial charge >= 0.3 is 5.97 Å². The Kier molecular flexibility index (Phi) is 6.73. The van der Waals surface area contributed by atoms with Crippen molar-refractivity contribution in [3.05, 3.63) is 59.7 Å². The van der Waals surface area contributed by atoms with Gasteiger partial charge in [-0.1, -0.05) is 23.8 Å². The summed E-state index contributed by atoms with van der Waals surface area (Å²) in [6, 6.07) is 13.3. The molecule has 0 heterocycles. The smallest absolute Gasteiger partial charge is 0.335 e. The molecule has 0 fully saturated rings. The van der Waals surface area contributed by atoms with Gasteiger partial charge in [-0.15, -0.1) is 0 Å². The quantitative estimate of drug-likeness (QED) is 0.497. The first-order chi connectivity index (χ1) is 12.4. The molecule has 2 amide bonds. The zero-order valence-electron chi connectivity index (χ0n) is 14.3. The molecule has 2 aromatic rings. The van der Waals surface area contributed by atoms with Gasteiger partial charge in [-0.2, -0.15) is 0 Å². The van der Waals surface area contributed by atoms with Gasteiger partial charge in [0.2, 0.25) is 11.8 Å². The van der Waals surface area contributed by atoms with Crippen LogP contribution in [-0.2, 0) is 9.59 Å². The zero-order chi connectivity index (χ0) is 18.9. The Hall–Kier alpha value is -3.35. The average molecular weight is 356 g/mol. The van der Waals surface area contributed by atoms with Gasteiger partial charge in [0.05, 0.1) is 12.1 Å². The minimum absolute atomic E-state index is 0.124. The van der Waals surface area contributed by atoms with E-state index in [0.717, 1.165) is 5.56 Å². The number of carboxylic acid groups (broad SMARTS) is 1. The number of amides is 2. The van der Waals surface area contributed by atoms with Crippen molar-refractivity contribution < 1.29 is 24.2 Å². The van der Waals surface area contributed by atoms with E-state index in [4.69, 9.17) is 9.84 Å². The second-order valence-corrected chi connectivity index (χ2v) is 5.62. The summed E-state index contributed by atoms with van der Waals surface area (Å²) in [6.07, 6.45) is -0.289. The number of hydrogen-bond acceptors (Lipinski definition) is 4. The third-order valence-corrected chi connectivity index (χ3v) is 3.43. The van der Waals surface area contributed by atoms with Crippen molar-refractivity contribution in [3.63, 3.8) is 0 Å². The standard InChI is InChI=1S/C19H20N2O5/c1-13-5-7-15(8-6-13)21-18(23)12-17(22)20-9-10-26-16-4-2-3-14(11-16)19(24)25/h2-8,11H,9-10,12H2,1H3,(H,20,22)(H,21,23)(H,24,25). The van der Waals surface area contributed by atoms with Gasteiger partial charge in [0.15, 0.2) is 0 Å². The molecular weight excluding hydrogens is 336 g/mol. The molecule has 7 heteroatoms. The normalized spacial score (nSPS) is 10.0. The molecule has 0 saturated heterocycles. The molecule has 0 aromatic heterocycles. The summed E-state index contributed by atoms with van der Waals surface area (Å²) in [7, 11) is 0. The maximum atomic E-state index is 11.8. The van der Waals surface area contributed by atoms with Gasteiger partial charge < -0.3 is 20.5 Å². The van der Waals surface area contributed by atoms with E-state index in [0.29, 0.717) is 11.4 Å². The highest BCUT2D eigenvalue weighted by molar-refractivity contribution is 6.03. The number of rotatable bonds is 8. The van der Waals surface area contributed by atoms with Crippen molar-refractivity contribution in [1.29, 1.82) is 0 Å². The van der Waals surface area contributed by atoms with Gasteiger partial charge in [-0.3, -0.25) is 9.59 Å². The van der Waals surface area contributed by atoms with Crippen molar-refractivity contribution >= 4 is 23.5 Å². The van der Waals surface area contributed by atoms with E-state index in [9.17, 15) is 14.4 Å². The predicted molar refractivity (Wildman–Crippen MR) is 96.3 cm³/mol. The second kappa shape index (κ2) is 9.22. The Balaban J connectivity index is 1.68. The minimum atomic E-state index is -1.04. The number of nitrogens with one attached hydrogen (secondary N) is 2. The fraction of sp³-hybridized carbons (Fsp3) is 0.211. The zero-order valence-corrected chi connectivity index (χ0v) is 14.3. The lowest BCUT2D eigenvalue weighted by atomic mass is 10.2. The molecule has 3 N–H and O–H groups in total. The molecule has 0 atom stereocenters. The molecule has 0 aliphatic carbocycles. The van der Waals surface area contributed by atoms with Crippen LogP contribution in [-0.4, -0.2) is 36.0 Å². The lowest BCUT2D eigenvalue weighted by Gasteiger charge is -2.09. The monoisotopic (exact) mass is 356 g/mol. The molecule has 7 nitrogen and oxygen atoms in total. The topological polar surface area (TPSA) is 105 Å². The fourth-order valence-electron chi connectivity index (χ4n) is 2.13. The summed E-state index contributed by atoms with van der Waals surface area (Å²) in [6.45, 7) is 2.31. The lowest BCUT2D eigenvalue weighted by Crippen LogP contribution is -2.31. The van der Waals surface area contributed by atoms with Crippen molar-refractivity contribution in [2.24, 2.45) is 0 Å². The molecule has 0 bridgehead atoms. The van der Waals surface area contributed by atoms with Crippen molar-refractivity contribution in [1.82, 2.24) is 5.32 Å². The van der Waals surface area contributed by atoms with Gasteiger partial charge in [0, 0.05) is 5.69 Å². The van der Waals surface area contributed by atoms with Gasteiger partial charge in [0.1, 0.15) is 18.8 Å². The first-order valence-electron chi connectivity index (χ1n) is 8.03. The number of carboxylic acids is 1. The van der Waals surface area contributed by atoms with E-state index in [1.807, 2.05) is 19.1 Å². The number of aryl methyl sites for hydroxylation is 1. The summed E-state index contributed by atoms with van der Waals surface area (Å²) in [5.41, 5.74) is 1.84. The highest BCUT2D eigenvalue weighted by Gasteiger charge is 2.09. The summed E-state index contributed by atoms with van der Waals surface area (Å²) < 4.78 is 5.38. The van der Waals surface area contributed by atoms with Crippen LogP contribution < -0.4 is 15.4 Å². The van der Waals surface area contributed by atoms with E-state index < -0.39 is 17.8 Å². The first-order valence-corrected chi connectivity index (χ1v) is 8.03. The second-order valence-electron chi connectivity index (χ2n) is 5.62. The predicted octanol–water partition coefficient (Wildman–Crippen LogP) is 2.22. The van der Waals surface area contributed by atoms with Crippen LogP contribution in [0, 0.1) is 6.92 Å². The largest absolute Gasteiger partial charge is 0.492 e. The molecule has 2 aromatic carbocycles. The van der Waals surface area contributed by atoms with Gasteiger partial charge in [-0.05, 0) is 37.3 Å².